The first kappa shape index (κ1) is 12.0. The van der Waals surface area contributed by atoms with Crippen LogP contribution in [-0.4, -0.2) is 19.6 Å². The molecule has 0 saturated carbocycles. The van der Waals surface area contributed by atoms with E-state index in [1.165, 1.54) is 57.3 Å². The first-order valence-electron chi connectivity index (χ1n) is 7.48. The van der Waals surface area contributed by atoms with Crippen LogP contribution < -0.4 is 10.6 Å². The summed E-state index contributed by atoms with van der Waals surface area (Å²) in [7, 11) is 0. The van der Waals surface area contributed by atoms with Crippen LogP contribution in [0.2, 0.25) is 0 Å². The summed E-state index contributed by atoms with van der Waals surface area (Å²) in [5.74, 6) is 0.924. The fourth-order valence-corrected chi connectivity index (χ4v) is 3.27. The number of anilines is 1. The molecule has 0 unspecified atom stereocenters. The Morgan fingerprint density at radius 3 is 2.83 bits per heavy atom. The first-order chi connectivity index (χ1) is 8.92. The van der Waals surface area contributed by atoms with Crippen LogP contribution in [-0.2, 0) is 12.8 Å². The van der Waals surface area contributed by atoms with Gasteiger partial charge in [-0.05, 0) is 80.8 Å². The number of hydrogen-bond acceptors (Lipinski definition) is 2. The van der Waals surface area contributed by atoms with Gasteiger partial charge in [-0.15, -0.1) is 0 Å². The van der Waals surface area contributed by atoms with Gasteiger partial charge in [0.1, 0.15) is 0 Å². The molecule has 1 fully saturated rings. The third-order valence-corrected chi connectivity index (χ3v) is 4.44. The molecule has 1 saturated heterocycles. The first-order valence-corrected chi connectivity index (χ1v) is 7.48. The average Bonchev–Trinajstić information content (AvgIpc) is 2.87. The second kappa shape index (κ2) is 5.75. The number of hydrogen-bond donors (Lipinski definition) is 2. The van der Waals surface area contributed by atoms with Crippen molar-refractivity contribution in [3.05, 3.63) is 29.3 Å². The molecule has 0 radical (unpaired) electrons. The maximum Gasteiger partial charge on any atom is 0.0343 e. The molecule has 0 bridgehead atoms. The summed E-state index contributed by atoms with van der Waals surface area (Å²) in [4.78, 5) is 0. The number of nitrogens with one attached hydrogen (secondary N) is 2. The van der Waals surface area contributed by atoms with Gasteiger partial charge in [0.05, 0.1) is 0 Å². The van der Waals surface area contributed by atoms with Gasteiger partial charge in [0.2, 0.25) is 0 Å². The van der Waals surface area contributed by atoms with Crippen LogP contribution in [0.1, 0.15) is 36.8 Å². The van der Waals surface area contributed by atoms with Crippen molar-refractivity contribution in [3.8, 4) is 0 Å². The third-order valence-electron chi connectivity index (χ3n) is 4.44. The standard InChI is InChI=1S/C16H24N2/c1-2-14-4-5-16(12-15(14)3-1)18-11-8-13-6-9-17-10-7-13/h4-5,12-13,17-18H,1-3,6-11H2. The highest BCUT2D eigenvalue weighted by Crippen LogP contribution is 2.25. The van der Waals surface area contributed by atoms with E-state index >= 15 is 0 Å². The van der Waals surface area contributed by atoms with Gasteiger partial charge in [-0.1, -0.05) is 6.07 Å². The summed E-state index contributed by atoms with van der Waals surface area (Å²) in [6.07, 6.45) is 7.92. The topological polar surface area (TPSA) is 24.1 Å². The van der Waals surface area contributed by atoms with Gasteiger partial charge >= 0.3 is 0 Å². The maximum absolute atomic E-state index is 3.60. The summed E-state index contributed by atoms with van der Waals surface area (Å²) >= 11 is 0. The van der Waals surface area contributed by atoms with E-state index < -0.39 is 0 Å². The third kappa shape index (κ3) is 2.86. The molecule has 0 atom stereocenters. The molecule has 2 nitrogen and oxygen atoms in total. The van der Waals surface area contributed by atoms with Crippen molar-refractivity contribution in [2.24, 2.45) is 5.92 Å². The molecule has 1 aromatic carbocycles. The zero-order valence-electron chi connectivity index (χ0n) is 11.2. The minimum Gasteiger partial charge on any atom is -0.385 e. The summed E-state index contributed by atoms with van der Waals surface area (Å²) in [5, 5.41) is 7.03. The molecule has 98 valence electrons. The minimum absolute atomic E-state index is 0.924. The van der Waals surface area contributed by atoms with E-state index in [4.69, 9.17) is 0 Å². The smallest absolute Gasteiger partial charge is 0.0343 e. The fourth-order valence-electron chi connectivity index (χ4n) is 3.27. The molecule has 18 heavy (non-hydrogen) atoms. The number of fused-ring (bicyclic) bond motifs is 1. The average molecular weight is 244 g/mol. The molecule has 0 spiro atoms. The zero-order chi connectivity index (χ0) is 12.2. The molecule has 1 heterocycles. The van der Waals surface area contributed by atoms with E-state index in [2.05, 4.69) is 28.8 Å². The number of rotatable bonds is 4. The second-order valence-electron chi connectivity index (χ2n) is 5.75. The normalized spacial score (nSPS) is 19.8. The van der Waals surface area contributed by atoms with Crippen LogP contribution in [0, 0.1) is 5.92 Å². The molecular formula is C16H24N2. The van der Waals surface area contributed by atoms with Gasteiger partial charge < -0.3 is 10.6 Å². The Bertz CT molecular complexity index is 394. The molecule has 1 aromatic rings. The van der Waals surface area contributed by atoms with Gasteiger partial charge in [0.25, 0.3) is 0 Å². The molecule has 2 N–H and O–H groups in total. The van der Waals surface area contributed by atoms with Crippen molar-refractivity contribution in [2.75, 3.05) is 25.0 Å². The lowest BCUT2D eigenvalue weighted by molar-refractivity contribution is 0.361. The summed E-state index contributed by atoms with van der Waals surface area (Å²) in [6.45, 7) is 3.55. The van der Waals surface area contributed by atoms with Crippen molar-refractivity contribution in [1.29, 1.82) is 0 Å². The summed E-state index contributed by atoms with van der Waals surface area (Å²) < 4.78 is 0. The van der Waals surface area contributed by atoms with Crippen LogP contribution in [0.4, 0.5) is 5.69 Å². The number of aryl methyl sites for hydroxylation is 2. The quantitative estimate of drug-likeness (QED) is 0.851. The van der Waals surface area contributed by atoms with Gasteiger partial charge in [-0.3, -0.25) is 0 Å². The van der Waals surface area contributed by atoms with Crippen LogP contribution in [0.15, 0.2) is 18.2 Å². The molecule has 3 rings (SSSR count). The minimum atomic E-state index is 0.924. The predicted molar refractivity (Wildman–Crippen MR) is 77.2 cm³/mol. The fraction of sp³-hybridized carbons (Fsp3) is 0.625. The summed E-state index contributed by atoms with van der Waals surface area (Å²) in [5.41, 5.74) is 4.46. The molecule has 0 aromatic heterocycles. The van der Waals surface area contributed by atoms with E-state index in [1.54, 1.807) is 11.1 Å². The zero-order valence-corrected chi connectivity index (χ0v) is 11.2. The highest BCUT2D eigenvalue weighted by Gasteiger charge is 2.13. The lowest BCUT2D eigenvalue weighted by Gasteiger charge is -2.22. The van der Waals surface area contributed by atoms with E-state index in [1.807, 2.05) is 0 Å². The summed E-state index contributed by atoms with van der Waals surface area (Å²) in [6, 6.07) is 6.94. The molecule has 1 aliphatic heterocycles. The molecule has 1 aliphatic carbocycles. The van der Waals surface area contributed by atoms with Crippen LogP contribution in [0.5, 0.6) is 0 Å². The van der Waals surface area contributed by atoms with Crippen molar-refractivity contribution >= 4 is 5.69 Å². The Hall–Kier alpha value is -1.02. The second-order valence-corrected chi connectivity index (χ2v) is 5.75. The van der Waals surface area contributed by atoms with Crippen LogP contribution in [0.3, 0.4) is 0 Å². The largest absolute Gasteiger partial charge is 0.385 e. The van der Waals surface area contributed by atoms with Crippen molar-refractivity contribution in [2.45, 2.75) is 38.5 Å². The lowest BCUT2D eigenvalue weighted by atomic mass is 9.95. The monoisotopic (exact) mass is 244 g/mol. The number of benzene rings is 1. The van der Waals surface area contributed by atoms with E-state index in [0.717, 1.165) is 12.5 Å². The SMILES string of the molecule is c1cc2c(cc1NCCC1CCNCC1)CCC2. The molecule has 2 heteroatoms. The highest BCUT2D eigenvalue weighted by molar-refractivity contribution is 5.50. The Balaban J connectivity index is 1.48. The van der Waals surface area contributed by atoms with Gasteiger partial charge in [0, 0.05) is 12.2 Å². The lowest BCUT2D eigenvalue weighted by Crippen LogP contribution is -2.28. The van der Waals surface area contributed by atoms with Crippen molar-refractivity contribution in [3.63, 3.8) is 0 Å². The predicted octanol–water partition coefficient (Wildman–Crippen LogP) is 2.98. The van der Waals surface area contributed by atoms with Gasteiger partial charge in [0.15, 0.2) is 0 Å². The number of piperidine rings is 1. The Kier molecular flexibility index (Phi) is 3.84. The van der Waals surface area contributed by atoms with E-state index in [9.17, 15) is 0 Å². The van der Waals surface area contributed by atoms with Gasteiger partial charge in [-0.2, -0.15) is 0 Å². The Morgan fingerprint density at radius 2 is 1.94 bits per heavy atom. The van der Waals surface area contributed by atoms with Crippen molar-refractivity contribution in [1.82, 2.24) is 5.32 Å². The maximum atomic E-state index is 3.60. The Labute approximate surface area is 110 Å². The highest BCUT2D eigenvalue weighted by atomic mass is 14.9. The molecule has 2 aliphatic rings. The molecular weight excluding hydrogens is 220 g/mol. The van der Waals surface area contributed by atoms with Crippen LogP contribution >= 0.6 is 0 Å². The molecule has 0 amide bonds. The van der Waals surface area contributed by atoms with Crippen molar-refractivity contribution < 1.29 is 0 Å². The van der Waals surface area contributed by atoms with Gasteiger partial charge in [-0.25, -0.2) is 0 Å². The van der Waals surface area contributed by atoms with E-state index in [-0.39, 0.29) is 0 Å². The van der Waals surface area contributed by atoms with E-state index in [0.29, 0.717) is 0 Å². The Morgan fingerprint density at radius 1 is 1.11 bits per heavy atom. The van der Waals surface area contributed by atoms with Crippen LogP contribution in [0.25, 0.3) is 0 Å².